The average molecular weight is 462 g/mol. The van der Waals surface area contributed by atoms with Crippen molar-refractivity contribution in [1.29, 1.82) is 0 Å². The Balaban J connectivity index is 1.37. The maximum Gasteiger partial charge on any atom is 0.324 e. The zero-order valence-corrected chi connectivity index (χ0v) is 19.5. The Labute approximate surface area is 194 Å². The van der Waals surface area contributed by atoms with Crippen LogP contribution in [-0.4, -0.2) is 66.2 Å². The third kappa shape index (κ3) is 7.25. The lowest BCUT2D eigenvalue weighted by atomic mass is 9.92. The smallest absolute Gasteiger partial charge is 0.324 e. The van der Waals surface area contributed by atoms with E-state index in [2.05, 4.69) is 15.0 Å². The summed E-state index contributed by atoms with van der Waals surface area (Å²) < 4.78 is 16.3. The number of nitrogens with zero attached hydrogens (tertiary/aromatic N) is 3. The number of ketones is 1. The molecule has 2 N–H and O–H groups in total. The number of carbonyl (C=O) groups is 1. The van der Waals surface area contributed by atoms with Gasteiger partial charge in [0.2, 0.25) is 0 Å². The molecule has 0 spiro atoms. The van der Waals surface area contributed by atoms with Gasteiger partial charge in [0.1, 0.15) is 12.4 Å². The van der Waals surface area contributed by atoms with Gasteiger partial charge in [0.05, 0.1) is 6.61 Å². The molecule has 1 fully saturated rings. The fourth-order valence-electron chi connectivity index (χ4n) is 4.13. The van der Waals surface area contributed by atoms with Crippen molar-refractivity contribution in [3.63, 3.8) is 0 Å². The summed E-state index contributed by atoms with van der Waals surface area (Å²) in [6.45, 7) is 4.27. The third-order valence-electron chi connectivity index (χ3n) is 6.13. The second kappa shape index (κ2) is 12.7. The number of anilines is 1. The van der Waals surface area contributed by atoms with Gasteiger partial charge < -0.3 is 29.1 Å². The van der Waals surface area contributed by atoms with E-state index in [1.54, 1.807) is 13.2 Å². The highest BCUT2D eigenvalue weighted by molar-refractivity contribution is 5.97. The van der Waals surface area contributed by atoms with E-state index in [0.29, 0.717) is 36.5 Å². The Morgan fingerprint density at radius 2 is 2.03 bits per heavy atom. The van der Waals surface area contributed by atoms with Gasteiger partial charge in [-0.3, -0.25) is 4.79 Å². The molecule has 1 aromatic heterocycles. The number of benzene rings is 1. The molecule has 0 bridgehead atoms. The van der Waals surface area contributed by atoms with Gasteiger partial charge in [-0.25, -0.2) is 0 Å². The van der Waals surface area contributed by atoms with Crippen molar-refractivity contribution in [3.8, 4) is 5.75 Å². The molecule has 1 aromatic carbocycles. The molecule has 1 aliphatic heterocycles. The molecule has 0 aliphatic carbocycles. The molecule has 182 valence electrons. The molecule has 0 saturated carbocycles. The van der Waals surface area contributed by atoms with Crippen LogP contribution in [0.2, 0.25) is 0 Å². The molecule has 3 rings (SSSR count). The number of rotatable bonds is 13. The van der Waals surface area contributed by atoms with Crippen molar-refractivity contribution in [1.82, 2.24) is 10.1 Å². The molecule has 2 aromatic rings. The normalized spacial score (nSPS) is 14.8. The van der Waals surface area contributed by atoms with Gasteiger partial charge in [0.25, 0.3) is 0 Å². The molecule has 0 unspecified atom stereocenters. The molecule has 1 aliphatic rings. The first-order chi connectivity index (χ1) is 16.0. The van der Waals surface area contributed by atoms with E-state index >= 15 is 0 Å². The number of ether oxygens (including phenoxy) is 2. The van der Waals surface area contributed by atoms with E-state index < -0.39 is 5.92 Å². The number of aliphatic hydroxyl groups excluding tert-OH is 2. The van der Waals surface area contributed by atoms with Gasteiger partial charge in [-0.05, 0) is 62.3 Å². The number of methoxy groups -OCH3 is 1. The first-order valence-corrected chi connectivity index (χ1v) is 11.6. The van der Waals surface area contributed by atoms with Gasteiger partial charge in [0.15, 0.2) is 11.6 Å². The predicted octanol–water partition coefficient (Wildman–Crippen LogP) is 2.77. The zero-order valence-electron chi connectivity index (χ0n) is 19.5. The highest BCUT2D eigenvalue weighted by Crippen LogP contribution is 2.26. The quantitative estimate of drug-likeness (QED) is 0.343. The second-order valence-electron chi connectivity index (χ2n) is 8.68. The number of aryl methyl sites for hydroxylation is 1. The van der Waals surface area contributed by atoms with Crippen molar-refractivity contribution < 1.29 is 29.0 Å². The molecule has 9 heteroatoms. The SMILES string of the molecule is COCc1noc(N2CCC(CCCOc3ccc(C(=O)CC(CO)CO)c(C)c3)CC2)n1. The lowest BCUT2D eigenvalue weighted by molar-refractivity contribution is 0.0878. The number of Topliss-reactive ketones (excluding diaryl/α,β-unsaturated/α-hetero) is 1. The molecule has 1 saturated heterocycles. The van der Waals surface area contributed by atoms with E-state index in [-0.39, 0.29) is 25.4 Å². The Hall–Kier alpha value is -2.49. The van der Waals surface area contributed by atoms with Gasteiger partial charge in [-0.2, -0.15) is 4.98 Å². The predicted molar refractivity (Wildman–Crippen MR) is 122 cm³/mol. The van der Waals surface area contributed by atoms with Crippen LogP contribution in [0.4, 0.5) is 6.01 Å². The maximum absolute atomic E-state index is 12.4. The fraction of sp³-hybridized carbons (Fsp3) is 0.625. The van der Waals surface area contributed by atoms with Crippen molar-refractivity contribution >= 4 is 11.8 Å². The standard InChI is InChI=1S/C24H35N3O6/c1-17-12-20(5-6-21(17)22(30)13-19(14-28)15-29)32-11-3-4-18-7-9-27(10-8-18)24-25-23(16-31-2)26-33-24/h5-6,12,18-19,28-29H,3-4,7-11,13-16H2,1-2H3. The number of hydrogen-bond donors (Lipinski definition) is 2. The van der Waals surface area contributed by atoms with Crippen LogP contribution in [-0.2, 0) is 11.3 Å². The van der Waals surface area contributed by atoms with Gasteiger partial charge in [-0.1, -0.05) is 5.16 Å². The van der Waals surface area contributed by atoms with Crippen molar-refractivity contribution in [2.75, 3.05) is 44.9 Å². The van der Waals surface area contributed by atoms with Crippen LogP contribution in [0.15, 0.2) is 22.7 Å². The molecule has 0 radical (unpaired) electrons. The maximum atomic E-state index is 12.4. The van der Waals surface area contributed by atoms with Crippen LogP contribution in [0.5, 0.6) is 5.75 Å². The number of hydrogen-bond acceptors (Lipinski definition) is 9. The van der Waals surface area contributed by atoms with Crippen LogP contribution in [0.1, 0.15) is 53.8 Å². The average Bonchev–Trinajstić information content (AvgIpc) is 3.29. The van der Waals surface area contributed by atoms with Crippen LogP contribution >= 0.6 is 0 Å². The molecule has 2 heterocycles. The number of piperidine rings is 1. The van der Waals surface area contributed by atoms with Crippen molar-refractivity contribution in [3.05, 3.63) is 35.2 Å². The molecule has 33 heavy (non-hydrogen) atoms. The first-order valence-electron chi connectivity index (χ1n) is 11.6. The summed E-state index contributed by atoms with van der Waals surface area (Å²) in [5, 5.41) is 22.3. The van der Waals surface area contributed by atoms with Gasteiger partial charge >= 0.3 is 6.01 Å². The van der Waals surface area contributed by atoms with Gasteiger partial charge in [0, 0.05) is 51.3 Å². The largest absolute Gasteiger partial charge is 0.494 e. The van der Waals surface area contributed by atoms with Crippen molar-refractivity contribution in [2.24, 2.45) is 11.8 Å². The molecule has 9 nitrogen and oxygen atoms in total. The minimum absolute atomic E-state index is 0.0751. The summed E-state index contributed by atoms with van der Waals surface area (Å²) in [5.41, 5.74) is 1.45. The van der Waals surface area contributed by atoms with E-state index in [1.807, 2.05) is 19.1 Å². The fourth-order valence-corrected chi connectivity index (χ4v) is 4.13. The van der Waals surface area contributed by atoms with Gasteiger partial charge in [-0.15, -0.1) is 0 Å². The van der Waals surface area contributed by atoms with E-state index in [4.69, 9.17) is 14.0 Å². The summed E-state index contributed by atoms with van der Waals surface area (Å²) in [4.78, 5) is 18.9. The number of carbonyl (C=O) groups excluding carboxylic acids is 1. The van der Waals surface area contributed by atoms with Crippen LogP contribution < -0.4 is 9.64 Å². The summed E-state index contributed by atoms with van der Waals surface area (Å²) in [6, 6.07) is 6.03. The number of aliphatic hydroxyl groups is 2. The lowest BCUT2D eigenvalue weighted by Crippen LogP contribution is -2.34. The third-order valence-corrected chi connectivity index (χ3v) is 6.13. The monoisotopic (exact) mass is 461 g/mol. The minimum atomic E-state index is -0.417. The van der Waals surface area contributed by atoms with Crippen LogP contribution in [0.3, 0.4) is 0 Å². The molecular weight excluding hydrogens is 426 g/mol. The highest BCUT2D eigenvalue weighted by atomic mass is 16.5. The Morgan fingerprint density at radius 1 is 1.27 bits per heavy atom. The Bertz CT molecular complexity index is 875. The van der Waals surface area contributed by atoms with Crippen molar-refractivity contribution in [2.45, 2.75) is 45.6 Å². The summed E-state index contributed by atoms with van der Waals surface area (Å²) in [7, 11) is 1.61. The molecule has 0 atom stereocenters. The topological polar surface area (TPSA) is 118 Å². The molecule has 0 amide bonds. The lowest BCUT2D eigenvalue weighted by Gasteiger charge is -2.30. The zero-order chi connectivity index (χ0) is 23.6. The van der Waals surface area contributed by atoms with Crippen LogP contribution in [0.25, 0.3) is 0 Å². The number of aromatic nitrogens is 2. The summed E-state index contributed by atoms with van der Waals surface area (Å²) >= 11 is 0. The Morgan fingerprint density at radius 3 is 2.70 bits per heavy atom. The summed E-state index contributed by atoms with van der Waals surface area (Å²) in [5.74, 6) is 1.48. The van der Waals surface area contributed by atoms with E-state index in [9.17, 15) is 15.0 Å². The van der Waals surface area contributed by atoms with E-state index in [0.717, 1.165) is 50.1 Å². The van der Waals surface area contributed by atoms with Crippen LogP contribution in [0, 0.1) is 18.8 Å². The van der Waals surface area contributed by atoms with E-state index in [1.165, 1.54) is 0 Å². The highest BCUT2D eigenvalue weighted by Gasteiger charge is 2.23. The first kappa shape index (κ1) is 25.1. The minimum Gasteiger partial charge on any atom is -0.494 e. The molecular formula is C24H35N3O6. The Kier molecular flexibility index (Phi) is 9.65. The second-order valence-corrected chi connectivity index (χ2v) is 8.68. The summed E-state index contributed by atoms with van der Waals surface area (Å²) in [6.07, 6.45) is 4.37.